The molecule has 4 aromatic rings. The number of sulfonamides is 1. The van der Waals surface area contributed by atoms with Crippen LogP contribution in [0.4, 0.5) is 5.82 Å². The molecule has 4 rings (SSSR count). The number of pyridine rings is 3. The summed E-state index contributed by atoms with van der Waals surface area (Å²) in [6, 6.07) is 13.1. The van der Waals surface area contributed by atoms with Gasteiger partial charge in [-0.3, -0.25) is 9.97 Å². The van der Waals surface area contributed by atoms with Crippen molar-refractivity contribution in [3.05, 3.63) is 67.3 Å². The van der Waals surface area contributed by atoms with Gasteiger partial charge in [-0.2, -0.15) is 0 Å². The number of fused-ring (bicyclic) bond motifs is 1. The zero-order chi connectivity index (χ0) is 21.8. The Bertz CT molecular complexity index is 1330. The standard InChI is InChI=1S/C22H21N5O3S/c1-30-11-10-27-31(28,29)21-13-17(14-26-22(21)23)16-2-3-20-19(12-16)18(6-9-25-20)15-4-7-24-8-5-15/h2-9,12-14,27H,10-11H2,1H3,(H2,23,26). The largest absolute Gasteiger partial charge is 0.383 e. The Kier molecular flexibility index (Phi) is 5.90. The van der Waals surface area contributed by atoms with Gasteiger partial charge in [0.15, 0.2) is 0 Å². The zero-order valence-electron chi connectivity index (χ0n) is 16.8. The highest BCUT2D eigenvalue weighted by Gasteiger charge is 2.19. The first-order valence-corrected chi connectivity index (χ1v) is 11.0. The monoisotopic (exact) mass is 435 g/mol. The van der Waals surface area contributed by atoms with E-state index < -0.39 is 10.0 Å². The predicted octanol–water partition coefficient (Wildman–Crippen LogP) is 2.87. The van der Waals surface area contributed by atoms with Gasteiger partial charge in [-0.25, -0.2) is 18.1 Å². The number of hydrogen-bond donors (Lipinski definition) is 2. The number of rotatable bonds is 7. The van der Waals surface area contributed by atoms with E-state index in [-0.39, 0.29) is 23.9 Å². The second-order valence-electron chi connectivity index (χ2n) is 6.82. The van der Waals surface area contributed by atoms with Crippen molar-refractivity contribution >= 4 is 26.7 Å². The summed E-state index contributed by atoms with van der Waals surface area (Å²) in [5.41, 5.74) is 10.2. The highest BCUT2D eigenvalue weighted by Crippen LogP contribution is 2.32. The molecule has 0 saturated carbocycles. The summed E-state index contributed by atoms with van der Waals surface area (Å²) in [6.45, 7) is 0.390. The molecule has 0 saturated heterocycles. The number of methoxy groups -OCH3 is 1. The minimum Gasteiger partial charge on any atom is -0.383 e. The molecule has 158 valence electrons. The fourth-order valence-electron chi connectivity index (χ4n) is 3.29. The van der Waals surface area contributed by atoms with Crippen LogP contribution in [0, 0.1) is 0 Å². The quantitative estimate of drug-likeness (QED) is 0.428. The van der Waals surface area contributed by atoms with Crippen molar-refractivity contribution in [1.82, 2.24) is 19.7 Å². The lowest BCUT2D eigenvalue weighted by atomic mass is 9.98. The van der Waals surface area contributed by atoms with Crippen molar-refractivity contribution in [2.45, 2.75) is 4.90 Å². The number of nitrogens with zero attached hydrogens (tertiary/aromatic N) is 3. The maximum absolute atomic E-state index is 12.7. The van der Waals surface area contributed by atoms with Gasteiger partial charge in [-0.15, -0.1) is 0 Å². The molecule has 0 aliphatic heterocycles. The number of aromatic nitrogens is 3. The number of nitrogens with two attached hydrogens (primary N) is 1. The fraction of sp³-hybridized carbons (Fsp3) is 0.136. The van der Waals surface area contributed by atoms with Crippen molar-refractivity contribution in [2.75, 3.05) is 26.0 Å². The Morgan fingerprint density at radius 3 is 2.55 bits per heavy atom. The molecule has 9 heteroatoms. The van der Waals surface area contributed by atoms with E-state index in [1.807, 2.05) is 36.4 Å². The van der Waals surface area contributed by atoms with Crippen LogP contribution < -0.4 is 10.5 Å². The van der Waals surface area contributed by atoms with Crippen LogP contribution in [0.25, 0.3) is 33.2 Å². The van der Waals surface area contributed by atoms with E-state index >= 15 is 0 Å². The predicted molar refractivity (Wildman–Crippen MR) is 120 cm³/mol. The van der Waals surface area contributed by atoms with Crippen molar-refractivity contribution in [2.24, 2.45) is 0 Å². The first-order chi connectivity index (χ1) is 15.0. The fourth-order valence-corrected chi connectivity index (χ4v) is 4.41. The molecule has 1 aromatic carbocycles. The van der Waals surface area contributed by atoms with E-state index in [1.165, 1.54) is 13.2 Å². The van der Waals surface area contributed by atoms with Crippen LogP contribution >= 0.6 is 0 Å². The summed E-state index contributed by atoms with van der Waals surface area (Å²) in [5, 5.41) is 0.936. The molecule has 8 nitrogen and oxygen atoms in total. The van der Waals surface area contributed by atoms with Gasteiger partial charge in [-0.1, -0.05) is 6.07 Å². The molecule has 0 bridgehead atoms. The van der Waals surface area contributed by atoms with Gasteiger partial charge >= 0.3 is 0 Å². The maximum Gasteiger partial charge on any atom is 0.244 e. The zero-order valence-corrected chi connectivity index (χ0v) is 17.6. The second kappa shape index (κ2) is 8.76. The molecule has 31 heavy (non-hydrogen) atoms. The van der Waals surface area contributed by atoms with Gasteiger partial charge in [-0.05, 0) is 53.1 Å². The van der Waals surface area contributed by atoms with Gasteiger partial charge in [0, 0.05) is 49.4 Å². The Labute approximate surface area is 180 Å². The van der Waals surface area contributed by atoms with Crippen LogP contribution in [0.15, 0.2) is 72.1 Å². The molecule has 3 heterocycles. The maximum atomic E-state index is 12.7. The van der Waals surface area contributed by atoms with Gasteiger partial charge in [0.1, 0.15) is 10.7 Å². The van der Waals surface area contributed by atoms with E-state index in [4.69, 9.17) is 10.5 Å². The van der Waals surface area contributed by atoms with Gasteiger partial charge in [0.25, 0.3) is 0 Å². The third-order valence-corrected chi connectivity index (χ3v) is 6.33. The topological polar surface area (TPSA) is 120 Å². The van der Waals surface area contributed by atoms with Crippen LogP contribution in [0.3, 0.4) is 0 Å². The van der Waals surface area contributed by atoms with Gasteiger partial charge in [0.05, 0.1) is 12.1 Å². The van der Waals surface area contributed by atoms with Crippen LogP contribution in [-0.4, -0.2) is 43.6 Å². The van der Waals surface area contributed by atoms with Crippen LogP contribution in [-0.2, 0) is 14.8 Å². The lowest BCUT2D eigenvalue weighted by molar-refractivity contribution is 0.204. The third kappa shape index (κ3) is 4.38. The average Bonchev–Trinajstić information content (AvgIpc) is 2.79. The molecule has 0 aliphatic rings. The Balaban J connectivity index is 1.79. The summed E-state index contributed by atoms with van der Waals surface area (Å²) in [5.74, 6) is -0.0615. The molecule has 0 amide bonds. The van der Waals surface area contributed by atoms with Crippen molar-refractivity contribution in [3.63, 3.8) is 0 Å². The third-order valence-electron chi connectivity index (χ3n) is 4.84. The van der Waals surface area contributed by atoms with Crippen molar-refractivity contribution in [1.29, 1.82) is 0 Å². The van der Waals surface area contributed by atoms with Crippen molar-refractivity contribution < 1.29 is 13.2 Å². The molecule has 0 radical (unpaired) electrons. The van der Waals surface area contributed by atoms with E-state index in [0.717, 1.165) is 27.6 Å². The first kappa shape index (κ1) is 20.9. The summed E-state index contributed by atoms with van der Waals surface area (Å²) >= 11 is 0. The molecular formula is C22H21N5O3S. The van der Waals surface area contributed by atoms with Crippen LogP contribution in [0.1, 0.15) is 0 Å². The summed E-state index contributed by atoms with van der Waals surface area (Å²) in [7, 11) is -2.32. The van der Waals surface area contributed by atoms with Gasteiger partial charge < -0.3 is 10.5 Å². The van der Waals surface area contributed by atoms with Crippen LogP contribution in [0.5, 0.6) is 0 Å². The molecule has 3 N–H and O–H groups in total. The van der Waals surface area contributed by atoms with Crippen LogP contribution in [0.2, 0.25) is 0 Å². The summed E-state index contributed by atoms with van der Waals surface area (Å²) in [6.07, 6.45) is 6.80. The highest BCUT2D eigenvalue weighted by molar-refractivity contribution is 7.89. The molecule has 0 spiro atoms. The number of anilines is 1. The lowest BCUT2D eigenvalue weighted by Crippen LogP contribution is -2.28. The number of ether oxygens (including phenoxy) is 1. The lowest BCUT2D eigenvalue weighted by Gasteiger charge is -2.12. The normalized spacial score (nSPS) is 11.6. The molecule has 0 fully saturated rings. The minimum absolute atomic E-state index is 0.0615. The molecule has 0 aliphatic carbocycles. The molecule has 0 unspecified atom stereocenters. The first-order valence-electron chi connectivity index (χ1n) is 9.53. The summed E-state index contributed by atoms with van der Waals surface area (Å²) in [4.78, 5) is 12.6. The highest BCUT2D eigenvalue weighted by atomic mass is 32.2. The molecule has 3 aromatic heterocycles. The minimum atomic E-state index is -3.82. The average molecular weight is 436 g/mol. The summed E-state index contributed by atoms with van der Waals surface area (Å²) < 4.78 is 32.7. The molecule has 0 atom stereocenters. The molecular weight excluding hydrogens is 414 g/mol. The number of benzene rings is 1. The SMILES string of the molecule is COCCNS(=O)(=O)c1cc(-c2ccc3nccc(-c4ccncc4)c3c2)cnc1N. The number of nitrogens with one attached hydrogen (secondary N) is 1. The van der Waals surface area contributed by atoms with Gasteiger partial charge in [0.2, 0.25) is 10.0 Å². The van der Waals surface area contributed by atoms with Crippen molar-refractivity contribution in [3.8, 4) is 22.3 Å². The van der Waals surface area contributed by atoms with E-state index in [1.54, 1.807) is 24.8 Å². The van der Waals surface area contributed by atoms with E-state index in [9.17, 15) is 8.42 Å². The van der Waals surface area contributed by atoms with E-state index in [2.05, 4.69) is 19.7 Å². The Hall–Kier alpha value is -3.40. The number of nitrogen functional groups attached to an aromatic ring is 1. The Morgan fingerprint density at radius 2 is 1.77 bits per heavy atom. The number of hydrogen-bond acceptors (Lipinski definition) is 7. The Morgan fingerprint density at radius 1 is 0.968 bits per heavy atom. The van der Waals surface area contributed by atoms with E-state index in [0.29, 0.717) is 5.56 Å². The second-order valence-corrected chi connectivity index (χ2v) is 8.56. The smallest absolute Gasteiger partial charge is 0.244 e.